The number of rotatable bonds is 5. The van der Waals surface area contributed by atoms with E-state index in [4.69, 9.17) is 34.8 Å². The van der Waals surface area contributed by atoms with E-state index < -0.39 is 9.96 Å². The molecule has 0 spiro atoms. The predicted molar refractivity (Wildman–Crippen MR) is 81.9 cm³/mol. The van der Waals surface area contributed by atoms with E-state index >= 15 is 0 Å². The zero-order chi connectivity index (χ0) is 14.5. The molecule has 1 atom stereocenters. The van der Waals surface area contributed by atoms with Gasteiger partial charge in [0.05, 0.1) is 0 Å². The normalized spacial score (nSPS) is 12.9. The molecule has 0 fully saturated rings. The van der Waals surface area contributed by atoms with E-state index in [0.717, 1.165) is 17.7 Å². The summed E-state index contributed by atoms with van der Waals surface area (Å²) in [4.78, 5) is 11.6. The van der Waals surface area contributed by atoms with Gasteiger partial charge in [-0.2, -0.15) is 0 Å². The second-order valence-electron chi connectivity index (χ2n) is 4.30. The minimum Gasteiger partial charge on any atom is -0.362 e. The van der Waals surface area contributed by atoms with Crippen molar-refractivity contribution in [3.05, 3.63) is 29.8 Å². The van der Waals surface area contributed by atoms with Crippen molar-refractivity contribution < 1.29 is 4.79 Å². The summed E-state index contributed by atoms with van der Waals surface area (Å²) >= 11 is 17.6. The minimum atomic E-state index is -1.63. The average Bonchev–Trinajstić information content (AvgIpc) is 2.30. The van der Waals surface area contributed by atoms with Crippen molar-refractivity contribution in [3.8, 4) is 0 Å². The fourth-order valence-electron chi connectivity index (χ4n) is 1.48. The van der Waals surface area contributed by atoms with E-state index in [-0.39, 0.29) is 5.91 Å². The molecule has 1 rings (SSSR count). The van der Waals surface area contributed by atoms with Crippen molar-refractivity contribution in [1.82, 2.24) is 5.32 Å². The number of benzene rings is 1. The topological polar surface area (TPSA) is 41.1 Å². The van der Waals surface area contributed by atoms with Crippen molar-refractivity contribution in [1.29, 1.82) is 0 Å². The summed E-state index contributed by atoms with van der Waals surface area (Å²) in [5.41, 5.74) is 1.91. The van der Waals surface area contributed by atoms with Gasteiger partial charge in [-0.05, 0) is 25.5 Å². The van der Waals surface area contributed by atoms with Crippen LogP contribution in [0.4, 0.5) is 5.69 Å². The van der Waals surface area contributed by atoms with Gasteiger partial charge in [0.2, 0.25) is 9.70 Å². The molecule has 0 saturated carbocycles. The van der Waals surface area contributed by atoms with E-state index in [0.29, 0.717) is 6.42 Å². The average molecular weight is 324 g/mol. The number of amides is 1. The maximum absolute atomic E-state index is 11.6. The molecule has 1 aromatic carbocycles. The maximum atomic E-state index is 11.6. The molecule has 2 N–H and O–H groups in total. The van der Waals surface area contributed by atoms with Crippen molar-refractivity contribution in [2.24, 2.45) is 0 Å². The molecule has 6 heteroatoms. The molecular weight excluding hydrogens is 307 g/mol. The lowest BCUT2D eigenvalue weighted by atomic mass is 10.2. The second-order valence-corrected chi connectivity index (χ2v) is 6.67. The first kappa shape index (κ1) is 16.4. The van der Waals surface area contributed by atoms with E-state index in [1.807, 2.05) is 38.1 Å². The molecule has 106 valence electrons. The first-order valence-corrected chi connectivity index (χ1v) is 7.15. The highest BCUT2D eigenvalue weighted by molar-refractivity contribution is 6.68. The van der Waals surface area contributed by atoms with Crippen LogP contribution in [0.25, 0.3) is 0 Å². The van der Waals surface area contributed by atoms with E-state index in [1.165, 1.54) is 0 Å². The number of hydrogen-bond donors (Lipinski definition) is 2. The van der Waals surface area contributed by atoms with Crippen LogP contribution in [0.2, 0.25) is 0 Å². The lowest BCUT2D eigenvalue weighted by Gasteiger charge is -2.27. The molecule has 0 aliphatic rings. The number of nitrogens with one attached hydrogen (secondary N) is 2. The summed E-state index contributed by atoms with van der Waals surface area (Å²) in [7, 11) is 0. The Balaban J connectivity index is 2.75. The maximum Gasteiger partial charge on any atom is 0.228 e. The largest absolute Gasteiger partial charge is 0.362 e. The van der Waals surface area contributed by atoms with Gasteiger partial charge in [0.15, 0.2) is 0 Å². The number of alkyl halides is 3. The summed E-state index contributed by atoms with van der Waals surface area (Å²) in [5, 5.41) is 5.68. The molecule has 0 aliphatic carbocycles. The second kappa shape index (κ2) is 7.22. The molecule has 19 heavy (non-hydrogen) atoms. The SMILES string of the molecule is CCCC(=O)NC(Nc1ccc(C)cc1)C(Cl)(Cl)Cl. The number of hydrogen-bond acceptors (Lipinski definition) is 2. The summed E-state index contributed by atoms with van der Waals surface area (Å²) in [6, 6.07) is 7.60. The summed E-state index contributed by atoms with van der Waals surface area (Å²) in [5.74, 6) is -0.154. The van der Waals surface area contributed by atoms with Gasteiger partial charge >= 0.3 is 0 Å². The van der Waals surface area contributed by atoms with Gasteiger partial charge in [-0.1, -0.05) is 59.4 Å². The van der Waals surface area contributed by atoms with Crippen LogP contribution in [-0.2, 0) is 4.79 Å². The quantitative estimate of drug-likeness (QED) is 0.635. The lowest BCUT2D eigenvalue weighted by molar-refractivity contribution is -0.121. The third-order valence-corrected chi connectivity index (χ3v) is 3.13. The molecule has 0 radical (unpaired) electrons. The molecular formula is C13H17Cl3N2O. The number of anilines is 1. The van der Waals surface area contributed by atoms with Crippen LogP contribution in [0.15, 0.2) is 24.3 Å². The Morgan fingerprint density at radius 3 is 2.32 bits per heavy atom. The Labute approximate surface area is 128 Å². The van der Waals surface area contributed by atoms with Gasteiger partial charge in [0.25, 0.3) is 0 Å². The van der Waals surface area contributed by atoms with Crippen molar-refractivity contribution in [2.75, 3.05) is 5.32 Å². The Bertz CT molecular complexity index is 415. The van der Waals surface area contributed by atoms with Crippen molar-refractivity contribution in [3.63, 3.8) is 0 Å². The van der Waals surface area contributed by atoms with Gasteiger partial charge < -0.3 is 10.6 Å². The van der Waals surface area contributed by atoms with Gasteiger partial charge in [-0.15, -0.1) is 0 Å². The number of carbonyl (C=O) groups excluding carboxylic acids is 1. The molecule has 0 heterocycles. The van der Waals surface area contributed by atoms with Crippen LogP contribution in [0, 0.1) is 6.92 Å². The molecule has 0 aromatic heterocycles. The van der Waals surface area contributed by atoms with Crippen LogP contribution < -0.4 is 10.6 Å². The van der Waals surface area contributed by atoms with E-state index in [2.05, 4.69) is 10.6 Å². The molecule has 1 aromatic rings. The Morgan fingerprint density at radius 1 is 1.26 bits per heavy atom. The molecule has 0 saturated heterocycles. The zero-order valence-electron chi connectivity index (χ0n) is 10.8. The first-order chi connectivity index (χ1) is 8.82. The van der Waals surface area contributed by atoms with Crippen molar-refractivity contribution >= 4 is 46.4 Å². The number of carbonyl (C=O) groups is 1. The summed E-state index contributed by atoms with van der Waals surface area (Å²) in [6.07, 6.45) is 0.356. The van der Waals surface area contributed by atoms with Crippen molar-refractivity contribution in [2.45, 2.75) is 36.6 Å². The van der Waals surface area contributed by atoms with E-state index in [1.54, 1.807) is 0 Å². The Morgan fingerprint density at radius 2 is 1.84 bits per heavy atom. The third-order valence-electron chi connectivity index (χ3n) is 2.47. The highest BCUT2D eigenvalue weighted by atomic mass is 35.6. The Kier molecular flexibility index (Phi) is 6.24. The van der Waals surface area contributed by atoms with Crippen LogP contribution in [0.5, 0.6) is 0 Å². The molecule has 1 amide bonds. The number of aryl methyl sites for hydroxylation is 1. The fourth-order valence-corrected chi connectivity index (χ4v) is 1.80. The number of halogens is 3. The fraction of sp³-hybridized carbons (Fsp3) is 0.462. The smallest absolute Gasteiger partial charge is 0.228 e. The lowest BCUT2D eigenvalue weighted by Crippen LogP contribution is -2.49. The van der Waals surface area contributed by atoms with Gasteiger partial charge in [-0.3, -0.25) is 4.79 Å². The van der Waals surface area contributed by atoms with E-state index in [9.17, 15) is 4.79 Å². The van der Waals surface area contributed by atoms with Crippen LogP contribution in [0.3, 0.4) is 0 Å². The predicted octanol–water partition coefficient (Wildman–Crippen LogP) is 4.02. The molecule has 3 nitrogen and oxygen atoms in total. The van der Waals surface area contributed by atoms with Crippen LogP contribution in [-0.4, -0.2) is 15.9 Å². The van der Waals surface area contributed by atoms with Crippen LogP contribution >= 0.6 is 34.8 Å². The Hall–Kier alpha value is -0.640. The standard InChI is InChI=1S/C13H17Cl3N2O/c1-3-4-11(19)18-12(13(14,15)16)17-10-7-5-9(2)6-8-10/h5-8,12,17H,3-4H2,1-2H3,(H,18,19). The first-order valence-electron chi connectivity index (χ1n) is 6.02. The molecule has 1 unspecified atom stereocenters. The monoisotopic (exact) mass is 322 g/mol. The summed E-state index contributed by atoms with van der Waals surface area (Å²) < 4.78 is -1.63. The highest BCUT2D eigenvalue weighted by Crippen LogP contribution is 2.31. The summed E-state index contributed by atoms with van der Waals surface area (Å²) in [6.45, 7) is 3.90. The zero-order valence-corrected chi connectivity index (χ0v) is 13.1. The molecule has 0 aliphatic heterocycles. The highest BCUT2D eigenvalue weighted by Gasteiger charge is 2.33. The van der Waals surface area contributed by atoms with Gasteiger partial charge in [-0.25, -0.2) is 0 Å². The van der Waals surface area contributed by atoms with Gasteiger partial charge in [0, 0.05) is 12.1 Å². The van der Waals surface area contributed by atoms with Gasteiger partial charge in [0.1, 0.15) is 6.17 Å². The third kappa shape index (κ3) is 5.89. The minimum absolute atomic E-state index is 0.154. The molecule has 0 bridgehead atoms. The van der Waals surface area contributed by atoms with Crippen LogP contribution in [0.1, 0.15) is 25.3 Å².